The summed E-state index contributed by atoms with van der Waals surface area (Å²) in [4.78, 5) is 11.7. The SMILES string of the molecule is COc1cccc(C(F)F)c1C(=O)CCCl. The average molecular weight is 249 g/mol. The molecule has 0 aromatic heterocycles. The van der Waals surface area contributed by atoms with Crippen LogP contribution in [0.15, 0.2) is 18.2 Å². The molecule has 5 heteroatoms. The predicted octanol–water partition coefficient (Wildman–Crippen LogP) is 3.44. The molecule has 0 fully saturated rings. The Bertz CT molecular complexity index is 380. The summed E-state index contributed by atoms with van der Waals surface area (Å²) in [5, 5.41) is 0. The fraction of sp³-hybridized carbons (Fsp3) is 0.364. The maximum absolute atomic E-state index is 12.7. The van der Waals surface area contributed by atoms with Crippen LogP contribution in [0.25, 0.3) is 0 Å². The van der Waals surface area contributed by atoms with E-state index in [0.717, 1.165) is 0 Å². The lowest BCUT2D eigenvalue weighted by atomic mass is 10.0. The van der Waals surface area contributed by atoms with Crippen molar-refractivity contribution in [2.45, 2.75) is 12.8 Å². The molecule has 1 rings (SSSR count). The summed E-state index contributed by atoms with van der Waals surface area (Å²) >= 11 is 5.42. The molecule has 0 atom stereocenters. The highest BCUT2D eigenvalue weighted by molar-refractivity contribution is 6.19. The van der Waals surface area contributed by atoms with Gasteiger partial charge >= 0.3 is 0 Å². The molecule has 1 aromatic carbocycles. The number of carbonyl (C=O) groups excluding carboxylic acids is 1. The normalized spacial score (nSPS) is 10.6. The Balaban J connectivity index is 3.24. The van der Waals surface area contributed by atoms with Gasteiger partial charge < -0.3 is 4.74 Å². The van der Waals surface area contributed by atoms with Crippen LogP contribution in [-0.4, -0.2) is 18.8 Å². The van der Waals surface area contributed by atoms with Crippen LogP contribution in [0.1, 0.15) is 28.8 Å². The Hall–Kier alpha value is -1.16. The van der Waals surface area contributed by atoms with E-state index in [1.165, 1.54) is 25.3 Å². The van der Waals surface area contributed by atoms with E-state index < -0.39 is 12.2 Å². The van der Waals surface area contributed by atoms with Crippen molar-refractivity contribution >= 4 is 17.4 Å². The van der Waals surface area contributed by atoms with Crippen molar-refractivity contribution in [1.29, 1.82) is 0 Å². The Kier molecular flexibility index (Phi) is 4.68. The summed E-state index contributed by atoms with van der Waals surface area (Å²) in [6.45, 7) is 0. The molecule has 16 heavy (non-hydrogen) atoms. The molecule has 0 aliphatic rings. The first kappa shape index (κ1) is 12.9. The fourth-order valence-corrected chi connectivity index (χ4v) is 1.58. The van der Waals surface area contributed by atoms with Crippen molar-refractivity contribution in [1.82, 2.24) is 0 Å². The van der Waals surface area contributed by atoms with E-state index in [-0.39, 0.29) is 29.2 Å². The van der Waals surface area contributed by atoms with Gasteiger partial charge in [-0.25, -0.2) is 8.78 Å². The van der Waals surface area contributed by atoms with E-state index >= 15 is 0 Å². The monoisotopic (exact) mass is 248 g/mol. The number of carbonyl (C=O) groups is 1. The van der Waals surface area contributed by atoms with Crippen molar-refractivity contribution in [2.75, 3.05) is 13.0 Å². The minimum absolute atomic E-state index is 0.0155. The minimum Gasteiger partial charge on any atom is -0.496 e. The lowest BCUT2D eigenvalue weighted by Gasteiger charge is -2.11. The van der Waals surface area contributed by atoms with E-state index in [4.69, 9.17) is 16.3 Å². The van der Waals surface area contributed by atoms with Crippen LogP contribution in [0.3, 0.4) is 0 Å². The fourth-order valence-electron chi connectivity index (χ4n) is 1.41. The molecule has 0 aliphatic heterocycles. The van der Waals surface area contributed by atoms with Gasteiger partial charge in [-0.3, -0.25) is 4.79 Å². The molecule has 0 unspecified atom stereocenters. The number of ketones is 1. The standard InChI is InChI=1S/C11H11ClF2O2/c1-16-9-4-2-3-7(11(13)14)10(9)8(15)5-6-12/h2-4,11H,5-6H2,1H3. The molecule has 0 heterocycles. The largest absolute Gasteiger partial charge is 0.496 e. The number of ether oxygens (including phenoxy) is 1. The third kappa shape index (κ3) is 2.70. The second kappa shape index (κ2) is 5.80. The summed E-state index contributed by atoms with van der Waals surface area (Å²) in [6.07, 6.45) is -2.69. The van der Waals surface area contributed by atoms with Crippen molar-refractivity contribution in [2.24, 2.45) is 0 Å². The Morgan fingerprint density at radius 2 is 2.19 bits per heavy atom. The summed E-state index contributed by atoms with van der Waals surface area (Å²) < 4.78 is 30.3. The van der Waals surface area contributed by atoms with Crippen LogP contribution >= 0.6 is 11.6 Å². The van der Waals surface area contributed by atoms with Crippen LogP contribution in [0, 0.1) is 0 Å². The van der Waals surface area contributed by atoms with Gasteiger partial charge in [0.25, 0.3) is 6.43 Å². The second-order valence-electron chi connectivity index (χ2n) is 3.09. The third-order valence-electron chi connectivity index (χ3n) is 2.11. The first-order valence-corrected chi connectivity index (χ1v) is 5.19. The number of Topliss-reactive ketones (excluding diaryl/α,β-unsaturated/α-hetero) is 1. The van der Waals surface area contributed by atoms with E-state index in [0.29, 0.717) is 0 Å². The maximum atomic E-state index is 12.7. The summed E-state index contributed by atoms with van der Waals surface area (Å²) in [5.74, 6) is -0.171. The summed E-state index contributed by atoms with van der Waals surface area (Å²) in [5.41, 5.74) is -0.380. The zero-order valence-electron chi connectivity index (χ0n) is 8.67. The van der Waals surface area contributed by atoms with Crippen molar-refractivity contribution in [3.05, 3.63) is 29.3 Å². The maximum Gasteiger partial charge on any atom is 0.264 e. The van der Waals surface area contributed by atoms with E-state index in [9.17, 15) is 13.6 Å². The average Bonchev–Trinajstić information content (AvgIpc) is 2.28. The van der Waals surface area contributed by atoms with E-state index in [1.54, 1.807) is 0 Å². The van der Waals surface area contributed by atoms with Crippen LogP contribution in [0.5, 0.6) is 5.75 Å². The number of alkyl halides is 3. The highest BCUT2D eigenvalue weighted by Crippen LogP contribution is 2.30. The molecule has 0 saturated carbocycles. The molecule has 0 radical (unpaired) electrons. The third-order valence-corrected chi connectivity index (χ3v) is 2.30. The van der Waals surface area contributed by atoms with E-state index in [2.05, 4.69) is 0 Å². The molecule has 0 N–H and O–H groups in total. The molecule has 0 saturated heterocycles. The predicted molar refractivity (Wildman–Crippen MR) is 57.6 cm³/mol. The van der Waals surface area contributed by atoms with Crippen LogP contribution in [0.2, 0.25) is 0 Å². The topological polar surface area (TPSA) is 26.3 Å². The molecule has 2 nitrogen and oxygen atoms in total. The zero-order valence-corrected chi connectivity index (χ0v) is 9.43. The van der Waals surface area contributed by atoms with Gasteiger partial charge in [0.1, 0.15) is 5.75 Å². The number of methoxy groups -OCH3 is 1. The highest BCUT2D eigenvalue weighted by Gasteiger charge is 2.21. The highest BCUT2D eigenvalue weighted by atomic mass is 35.5. The van der Waals surface area contributed by atoms with Gasteiger partial charge in [0, 0.05) is 17.9 Å². The smallest absolute Gasteiger partial charge is 0.264 e. The van der Waals surface area contributed by atoms with Gasteiger partial charge in [0.15, 0.2) is 5.78 Å². The Morgan fingerprint density at radius 3 is 2.69 bits per heavy atom. The van der Waals surface area contributed by atoms with Gasteiger partial charge in [-0.1, -0.05) is 12.1 Å². The van der Waals surface area contributed by atoms with Crippen molar-refractivity contribution < 1.29 is 18.3 Å². The minimum atomic E-state index is -2.70. The van der Waals surface area contributed by atoms with Crippen LogP contribution < -0.4 is 4.74 Å². The molecule has 0 aliphatic carbocycles. The van der Waals surface area contributed by atoms with Crippen molar-refractivity contribution in [3.63, 3.8) is 0 Å². The molecule has 0 amide bonds. The molecule has 0 spiro atoms. The second-order valence-corrected chi connectivity index (χ2v) is 3.47. The summed E-state index contributed by atoms with van der Waals surface area (Å²) in [7, 11) is 1.34. The van der Waals surface area contributed by atoms with Gasteiger partial charge in [-0.2, -0.15) is 0 Å². The quantitative estimate of drug-likeness (QED) is 0.589. The number of halogens is 3. The van der Waals surface area contributed by atoms with Crippen LogP contribution in [0.4, 0.5) is 8.78 Å². The number of hydrogen-bond acceptors (Lipinski definition) is 2. The first-order chi connectivity index (χ1) is 7.61. The lowest BCUT2D eigenvalue weighted by Crippen LogP contribution is -2.07. The molecular weight excluding hydrogens is 238 g/mol. The Labute approximate surface area is 97.2 Å². The van der Waals surface area contributed by atoms with Crippen molar-refractivity contribution in [3.8, 4) is 5.75 Å². The van der Waals surface area contributed by atoms with Gasteiger partial charge in [-0.15, -0.1) is 11.6 Å². The van der Waals surface area contributed by atoms with Gasteiger partial charge in [0.2, 0.25) is 0 Å². The zero-order chi connectivity index (χ0) is 12.1. The van der Waals surface area contributed by atoms with Gasteiger partial charge in [-0.05, 0) is 6.07 Å². The lowest BCUT2D eigenvalue weighted by molar-refractivity contribution is 0.0971. The van der Waals surface area contributed by atoms with Gasteiger partial charge in [0.05, 0.1) is 12.7 Å². The molecular formula is C11H11ClF2O2. The number of benzene rings is 1. The molecule has 88 valence electrons. The number of rotatable bonds is 5. The molecule has 0 bridgehead atoms. The van der Waals surface area contributed by atoms with Crippen LogP contribution in [-0.2, 0) is 0 Å². The number of hydrogen-bond donors (Lipinski definition) is 0. The molecule has 1 aromatic rings. The van der Waals surface area contributed by atoms with E-state index in [1.807, 2.05) is 0 Å². The summed E-state index contributed by atoms with van der Waals surface area (Å²) in [6, 6.07) is 4.12. The Morgan fingerprint density at radius 1 is 1.50 bits per heavy atom. The first-order valence-electron chi connectivity index (χ1n) is 4.66.